The molecular formula is C29H29ClN4O8. The van der Waals surface area contributed by atoms with Gasteiger partial charge in [-0.15, -0.1) is 0 Å². The fourth-order valence-corrected chi connectivity index (χ4v) is 4.97. The molecule has 12 nitrogen and oxygen atoms in total. The van der Waals surface area contributed by atoms with Gasteiger partial charge in [-0.2, -0.15) is 4.98 Å². The van der Waals surface area contributed by atoms with Crippen molar-refractivity contribution in [3.05, 3.63) is 99.1 Å². The number of halogens is 1. The first-order chi connectivity index (χ1) is 20.3. The summed E-state index contributed by atoms with van der Waals surface area (Å²) in [6.07, 6.45) is 1.48. The Kier molecular flexibility index (Phi) is 9.30. The van der Waals surface area contributed by atoms with E-state index >= 15 is 0 Å². The van der Waals surface area contributed by atoms with Crippen LogP contribution in [0.15, 0.2) is 71.7 Å². The normalized spacial score (nSPS) is 23.1. The quantitative estimate of drug-likeness (QED) is 0.318. The van der Waals surface area contributed by atoms with Crippen molar-refractivity contribution < 1.29 is 33.6 Å². The predicted molar refractivity (Wildman–Crippen MR) is 152 cm³/mol. The van der Waals surface area contributed by atoms with Crippen molar-refractivity contribution in [1.82, 2.24) is 14.9 Å². The summed E-state index contributed by atoms with van der Waals surface area (Å²) >= 11 is 6.24. The van der Waals surface area contributed by atoms with Crippen LogP contribution in [0.5, 0.6) is 0 Å². The molecule has 42 heavy (non-hydrogen) atoms. The van der Waals surface area contributed by atoms with E-state index in [1.165, 1.54) is 22.9 Å². The van der Waals surface area contributed by atoms with E-state index in [1.54, 1.807) is 25.1 Å². The van der Waals surface area contributed by atoms with Crippen LogP contribution in [0.3, 0.4) is 0 Å². The van der Waals surface area contributed by atoms with Gasteiger partial charge in [0.25, 0.3) is 0 Å². The van der Waals surface area contributed by atoms with E-state index in [1.807, 2.05) is 36.4 Å². The topological polar surface area (TPSA) is 150 Å². The van der Waals surface area contributed by atoms with E-state index in [0.29, 0.717) is 12.1 Å². The first-order valence-corrected chi connectivity index (χ1v) is 13.6. The molecule has 0 spiro atoms. The monoisotopic (exact) mass is 596 g/mol. The first-order valence-electron chi connectivity index (χ1n) is 13.3. The number of nitrogens with one attached hydrogen (secondary N) is 2. The zero-order valence-electron chi connectivity index (χ0n) is 22.5. The molecule has 2 aliphatic heterocycles. The number of aromatic nitrogens is 2. The van der Waals surface area contributed by atoms with Crippen LogP contribution in [0.25, 0.3) is 6.08 Å². The summed E-state index contributed by atoms with van der Waals surface area (Å²) in [6.45, 7) is 2.10. The van der Waals surface area contributed by atoms with Crippen molar-refractivity contribution >= 4 is 35.5 Å². The number of hydrogen-bond donors (Lipinski definition) is 3. The minimum atomic E-state index is -1.12. The molecule has 2 fully saturated rings. The number of carbonyl (C=O) groups excluding carboxylic acids is 1. The molecule has 5 rings (SSSR count). The van der Waals surface area contributed by atoms with E-state index in [4.69, 9.17) is 30.5 Å². The zero-order valence-corrected chi connectivity index (χ0v) is 23.3. The Hall–Kier alpha value is -4.07. The molecule has 0 radical (unpaired) electrons. The van der Waals surface area contributed by atoms with Crippen LogP contribution in [0, 0.1) is 0 Å². The fourth-order valence-electron chi connectivity index (χ4n) is 4.74. The van der Waals surface area contributed by atoms with Crippen LogP contribution in [-0.4, -0.2) is 64.4 Å². The Morgan fingerprint density at radius 3 is 2.62 bits per heavy atom. The summed E-state index contributed by atoms with van der Waals surface area (Å²) in [5, 5.41) is 14.9. The molecule has 0 saturated carbocycles. The average Bonchev–Trinajstić information content (AvgIpc) is 3.53. The van der Waals surface area contributed by atoms with Gasteiger partial charge in [-0.25, -0.2) is 14.4 Å². The Morgan fingerprint density at radius 1 is 1.10 bits per heavy atom. The number of benzene rings is 2. The van der Waals surface area contributed by atoms with Crippen LogP contribution in [0.4, 0.5) is 10.6 Å². The van der Waals surface area contributed by atoms with Gasteiger partial charge in [0.15, 0.2) is 12.5 Å². The fraction of sp³-hybridized carbons (Fsp3) is 0.310. The highest BCUT2D eigenvalue weighted by atomic mass is 35.5. The summed E-state index contributed by atoms with van der Waals surface area (Å²) in [5.74, 6) is -1.04. The molecular weight excluding hydrogens is 568 g/mol. The van der Waals surface area contributed by atoms with E-state index in [2.05, 4.69) is 15.6 Å². The zero-order chi connectivity index (χ0) is 29.6. The minimum Gasteiger partial charge on any atom is -0.478 e. The third-order valence-electron chi connectivity index (χ3n) is 6.67. The van der Waals surface area contributed by atoms with Crippen LogP contribution >= 0.6 is 11.6 Å². The predicted octanol–water partition coefficient (Wildman–Crippen LogP) is 3.67. The van der Waals surface area contributed by atoms with Gasteiger partial charge in [-0.3, -0.25) is 9.88 Å². The number of amides is 2. The number of nitrogens with zero attached hydrogens (tertiary/aromatic N) is 2. The maximum atomic E-state index is 13.0. The molecule has 1 aromatic heterocycles. The molecule has 3 N–H and O–H groups in total. The maximum absolute atomic E-state index is 13.0. The molecule has 13 heteroatoms. The largest absolute Gasteiger partial charge is 0.478 e. The summed E-state index contributed by atoms with van der Waals surface area (Å²) in [6, 6.07) is 15.2. The Bertz CT molecular complexity index is 1510. The van der Waals surface area contributed by atoms with Gasteiger partial charge in [-0.1, -0.05) is 54.1 Å². The number of rotatable bonds is 10. The first kappa shape index (κ1) is 29.4. The van der Waals surface area contributed by atoms with Gasteiger partial charge in [0.05, 0.1) is 18.8 Å². The third-order valence-corrected chi connectivity index (χ3v) is 7.03. The smallest absolute Gasteiger partial charge is 0.351 e. The van der Waals surface area contributed by atoms with Crippen molar-refractivity contribution in [1.29, 1.82) is 0 Å². The van der Waals surface area contributed by atoms with Crippen molar-refractivity contribution in [2.75, 3.05) is 18.5 Å². The highest BCUT2D eigenvalue weighted by molar-refractivity contribution is 6.31. The highest BCUT2D eigenvalue weighted by Crippen LogP contribution is 2.39. The second-order valence-corrected chi connectivity index (χ2v) is 9.89. The molecule has 5 atom stereocenters. The van der Waals surface area contributed by atoms with Crippen molar-refractivity contribution in [3.63, 3.8) is 0 Å². The molecule has 2 aromatic carbocycles. The number of carboxylic acids is 1. The number of carbonyl (C=O) groups is 2. The van der Waals surface area contributed by atoms with E-state index in [9.17, 15) is 19.5 Å². The van der Waals surface area contributed by atoms with E-state index in [-0.39, 0.29) is 29.6 Å². The molecule has 0 aliphatic carbocycles. The van der Waals surface area contributed by atoms with Crippen molar-refractivity contribution in [3.8, 4) is 0 Å². The SMILES string of the molecule is CCNC(=O)Nc1ccn([C@@H]2O[C@H](COCc3c(Cl)cccc3C(=O)O)C3O[C@H](C=Cc4ccccc4)O[C@@H]32)c(=O)n1. The number of carboxylic acid groups (broad SMARTS) is 1. The van der Waals surface area contributed by atoms with Gasteiger partial charge in [0.2, 0.25) is 0 Å². The molecule has 0 bridgehead atoms. The van der Waals surface area contributed by atoms with Crippen LogP contribution in [-0.2, 0) is 25.6 Å². The van der Waals surface area contributed by atoms with E-state index in [0.717, 1.165) is 5.56 Å². The second-order valence-electron chi connectivity index (χ2n) is 9.48. The van der Waals surface area contributed by atoms with Gasteiger partial charge in [0.1, 0.15) is 24.1 Å². The number of ether oxygens (including phenoxy) is 4. The number of fused-ring (bicyclic) bond motifs is 1. The lowest BCUT2D eigenvalue weighted by Crippen LogP contribution is -2.35. The summed E-state index contributed by atoms with van der Waals surface area (Å²) in [5.41, 5.74) is 0.666. The van der Waals surface area contributed by atoms with Crippen LogP contribution in [0.1, 0.15) is 34.6 Å². The van der Waals surface area contributed by atoms with E-state index < -0.39 is 48.5 Å². The standard InChI is InChI=1S/C29H29ClN4O8/c1-2-31-28(37)32-22-13-14-34(29(38)33-22)26-25-24(41-23(42-25)12-11-17-7-4-3-5-8-17)21(40-26)16-39-15-19-18(27(35)36)9-6-10-20(19)30/h3-14,21,23-26H,2,15-16H2,1H3,(H,35,36)(H2,31,32,33,37,38)/t21-,23+,24?,25+,26-/m1/s1. The van der Waals surface area contributed by atoms with Gasteiger partial charge in [-0.05, 0) is 36.8 Å². The number of urea groups is 1. The number of anilines is 1. The molecule has 2 amide bonds. The molecule has 220 valence electrons. The second kappa shape index (κ2) is 13.3. The van der Waals surface area contributed by atoms with Crippen LogP contribution in [0.2, 0.25) is 5.02 Å². The lowest BCUT2D eigenvalue weighted by molar-refractivity contribution is -0.141. The van der Waals surface area contributed by atoms with Gasteiger partial charge in [0, 0.05) is 23.3 Å². The Morgan fingerprint density at radius 2 is 1.88 bits per heavy atom. The van der Waals surface area contributed by atoms with Crippen LogP contribution < -0.4 is 16.3 Å². The minimum absolute atomic E-state index is 0.000560. The maximum Gasteiger partial charge on any atom is 0.351 e. The molecule has 2 aliphatic rings. The third kappa shape index (κ3) is 6.69. The Balaban J connectivity index is 1.34. The summed E-state index contributed by atoms with van der Waals surface area (Å²) in [7, 11) is 0. The lowest BCUT2D eigenvalue weighted by atomic mass is 10.1. The van der Waals surface area contributed by atoms with Gasteiger partial charge < -0.3 is 29.4 Å². The number of aromatic carboxylic acids is 1. The number of hydrogen-bond acceptors (Lipinski definition) is 8. The van der Waals surface area contributed by atoms with Crippen molar-refractivity contribution in [2.24, 2.45) is 0 Å². The summed E-state index contributed by atoms with van der Waals surface area (Å²) < 4.78 is 25.7. The molecule has 1 unspecified atom stereocenters. The Labute approximate surface area is 245 Å². The summed E-state index contributed by atoms with van der Waals surface area (Å²) in [4.78, 5) is 40.4. The van der Waals surface area contributed by atoms with Gasteiger partial charge >= 0.3 is 17.7 Å². The highest BCUT2D eigenvalue weighted by Gasteiger charge is 2.53. The average molecular weight is 597 g/mol. The lowest BCUT2D eigenvalue weighted by Gasteiger charge is -2.21. The molecule has 3 aromatic rings. The van der Waals surface area contributed by atoms with Crippen molar-refractivity contribution in [2.45, 2.75) is 44.4 Å². The molecule has 2 saturated heterocycles. The molecule has 3 heterocycles.